The Morgan fingerprint density at radius 3 is 2.54 bits per heavy atom. The maximum absolute atomic E-state index is 13.1. The van der Waals surface area contributed by atoms with Crippen LogP contribution in [0.2, 0.25) is 0 Å². The van der Waals surface area contributed by atoms with E-state index in [4.69, 9.17) is 9.47 Å². The number of ether oxygens (including phenoxy) is 2. The molecule has 1 N–H and O–H groups in total. The summed E-state index contributed by atoms with van der Waals surface area (Å²) in [5.41, 5.74) is 1.54. The van der Waals surface area contributed by atoms with Crippen molar-refractivity contribution in [3.05, 3.63) is 65.7 Å². The summed E-state index contributed by atoms with van der Waals surface area (Å²) in [6.45, 7) is 4.57. The highest BCUT2D eigenvalue weighted by molar-refractivity contribution is 5.76. The molecule has 1 unspecified atom stereocenters. The molecule has 0 aromatic heterocycles. The molecule has 1 saturated heterocycles. The number of nitrogens with one attached hydrogen (secondary N) is 1. The number of unbranched alkanes of at least 4 members (excludes halogenated alkanes) is 2. The Labute approximate surface area is 246 Å². The van der Waals surface area contributed by atoms with Crippen molar-refractivity contribution in [1.82, 2.24) is 5.32 Å². The summed E-state index contributed by atoms with van der Waals surface area (Å²) in [5, 5.41) is 3.40. The lowest BCUT2D eigenvalue weighted by molar-refractivity contribution is -0.924. The molecule has 6 heteroatoms. The number of piperidine rings is 1. The number of fused-ring (bicyclic) bond motifs is 1. The van der Waals surface area contributed by atoms with E-state index in [0.717, 1.165) is 92.7 Å². The molecule has 0 bridgehead atoms. The van der Waals surface area contributed by atoms with Crippen LogP contribution in [0.15, 0.2) is 54.6 Å². The van der Waals surface area contributed by atoms with Gasteiger partial charge in [0.1, 0.15) is 12.3 Å². The van der Waals surface area contributed by atoms with Gasteiger partial charge in [0.2, 0.25) is 5.91 Å². The van der Waals surface area contributed by atoms with E-state index in [9.17, 15) is 9.59 Å². The second-order valence-corrected chi connectivity index (χ2v) is 13.3. The first-order valence-electron chi connectivity index (χ1n) is 15.8. The molecular weight excluding hydrogens is 512 g/mol. The zero-order chi connectivity index (χ0) is 28.9. The summed E-state index contributed by atoms with van der Waals surface area (Å²) in [6.07, 6.45) is 10.6. The molecule has 2 aliphatic carbocycles. The van der Waals surface area contributed by atoms with Gasteiger partial charge < -0.3 is 19.3 Å². The Kier molecular flexibility index (Phi) is 9.08. The first-order chi connectivity index (χ1) is 19.7. The average Bonchev–Trinajstić information content (AvgIpc) is 3.77. The topological polar surface area (TPSA) is 64.6 Å². The molecule has 2 aromatic carbocycles. The Morgan fingerprint density at radius 1 is 1.00 bits per heavy atom. The quantitative estimate of drug-likeness (QED) is 0.197. The summed E-state index contributed by atoms with van der Waals surface area (Å²) >= 11 is 0. The number of hydrogen-bond donors (Lipinski definition) is 1. The Bertz CT molecular complexity index is 1200. The van der Waals surface area contributed by atoms with E-state index < -0.39 is 5.60 Å². The van der Waals surface area contributed by atoms with Crippen LogP contribution in [0.1, 0.15) is 82.3 Å². The molecule has 5 rings (SSSR count). The number of aryl methyl sites for hydroxylation is 1. The number of amides is 1. The molecule has 0 spiro atoms. The van der Waals surface area contributed by atoms with Gasteiger partial charge in [-0.3, -0.25) is 9.59 Å². The summed E-state index contributed by atoms with van der Waals surface area (Å²) in [4.78, 5) is 25.8. The van der Waals surface area contributed by atoms with Crippen molar-refractivity contribution in [3.8, 4) is 5.75 Å². The van der Waals surface area contributed by atoms with Gasteiger partial charge in [0.05, 0.1) is 27.2 Å². The number of rotatable bonds is 12. The second-order valence-electron chi connectivity index (χ2n) is 13.3. The van der Waals surface area contributed by atoms with Crippen molar-refractivity contribution >= 4 is 11.9 Å². The van der Waals surface area contributed by atoms with Gasteiger partial charge in [0.15, 0.2) is 5.60 Å². The third kappa shape index (κ3) is 6.97. The third-order valence-corrected chi connectivity index (χ3v) is 10.0. The average molecular weight is 562 g/mol. The van der Waals surface area contributed by atoms with Crippen molar-refractivity contribution in [2.24, 2.45) is 5.92 Å². The van der Waals surface area contributed by atoms with Crippen molar-refractivity contribution < 1.29 is 23.5 Å². The third-order valence-electron chi connectivity index (χ3n) is 10.0. The molecule has 1 heterocycles. The number of esters is 1. The van der Waals surface area contributed by atoms with Gasteiger partial charge >= 0.3 is 5.97 Å². The summed E-state index contributed by atoms with van der Waals surface area (Å²) in [5.74, 6) is 1.54. The monoisotopic (exact) mass is 561 g/mol. The van der Waals surface area contributed by atoms with E-state index in [1.165, 1.54) is 18.4 Å². The molecule has 1 aliphatic heterocycles. The van der Waals surface area contributed by atoms with Crippen molar-refractivity contribution in [3.63, 3.8) is 0 Å². The molecule has 2 aromatic rings. The van der Waals surface area contributed by atoms with Crippen LogP contribution in [-0.4, -0.2) is 61.8 Å². The number of carbonyl (C=O) groups is 2. The van der Waals surface area contributed by atoms with Gasteiger partial charge in [-0.15, -0.1) is 0 Å². The number of methoxy groups -OCH3 is 1. The predicted octanol–water partition coefficient (Wildman–Crippen LogP) is 5.97. The van der Waals surface area contributed by atoms with E-state index in [1.807, 2.05) is 18.2 Å². The van der Waals surface area contributed by atoms with E-state index in [-0.39, 0.29) is 23.3 Å². The molecule has 2 saturated carbocycles. The standard InChI is InChI=1S/C35H48N2O4/c1-27(38)41-35-20-19-31(36-33(39)16-9-5-8-13-28-11-6-4-7-12-28)24-34(35,30-14-10-15-32(23-30)40-3)21-22-37(2,26-35)25-29-17-18-29/h4,6-7,10-12,14-15,23,29,31H,5,8-9,13,16-22,24-26H2,1-3H3/p+1/t31-,34+,35?,37-/m1/s1. The summed E-state index contributed by atoms with van der Waals surface area (Å²) < 4.78 is 13.1. The zero-order valence-electron chi connectivity index (χ0n) is 25.3. The number of quaternary nitrogens is 1. The minimum Gasteiger partial charge on any atom is -0.497 e. The van der Waals surface area contributed by atoms with Crippen LogP contribution in [0, 0.1) is 5.92 Å². The fourth-order valence-electron chi connectivity index (χ4n) is 7.91. The fraction of sp³-hybridized carbons (Fsp3) is 0.600. The number of likely N-dealkylation sites (tertiary alicyclic amines) is 1. The van der Waals surface area contributed by atoms with Crippen molar-refractivity contribution in [2.75, 3.05) is 33.8 Å². The highest BCUT2D eigenvalue weighted by Crippen LogP contribution is 2.55. The van der Waals surface area contributed by atoms with Gasteiger partial charge in [-0.2, -0.15) is 0 Å². The highest BCUT2D eigenvalue weighted by atomic mass is 16.6. The van der Waals surface area contributed by atoms with E-state index in [0.29, 0.717) is 6.42 Å². The van der Waals surface area contributed by atoms with E-state index in [2.05, 4.69) is 48.8 Å². The fourth-order valence-corrected chi connectivity index (χ4v) is 7.91. The lowest BCUT2D eigenvalue weighted by Gasteiger charge is -2.60. The van der Waals surface area contributed by atoms with Gasteiger partial charge in [0, 0.05) is 37.1 Å². The Morgan fingerprint density at radius 2 is 1.80 bits per heavy atom. The van der Waals surface area contributed by atoms with Crippen molar-refractivity contribution in [1.29, 1.82) is 0 Å². The number of hydrogen-bond acceptors (Lipinski definition) is 4. The number of benzene rings is 2. The molecule has 4 atom stereocenters. The number of carbonyl (C=O) groups excluding carboxylic acids is 2. The van der Waals surface area contributed by atoms with E-state index >= 15 is 0 Å². The largest absolute Gasteiger partial charge is 0.497 e. The van der Waals surface area contributed by atoms with Crippen LogP contribution in [0.4, 0.5) is 0 Å². The maximum Gasteiger partial charge on any atom is 0.303 e. The first kappa shape index (κ1) is 29.6. The van der Waals surface area contributed by atoms with Crippen LogP contribution in [0.3, 0.4) is 0 Å². The molecular formula is C35H49N2O4+. The second kappa shape index (κ2) is 12.6. The zero-order valence-corrected chi connectivity index (χ0v) is 25.3. The predicted molar refractivity (Wildman–Crippen MR) is 162 cm³/mol. The van der Waals surface area contributed by atoms with Gasteiger partial charge in [0.25, 0.3) is 0 Å². The van der Waals surface area contributed by atoms with Crippen molar-refractivity contribution in [2.45, 2.75) is 94.6 Å². The minimum atomic E-state index is -0.605. The van der Waals surface area contributed by atoms with Crippen LogP contribution in [0.25, 0.3) is 0 Å². The van der Waals surface area contributed by atoms with Gasteiger partial charge in [-0.05, 0) is 74.6 Å². The maximum atomic E-state index is 13.1. The summed E-state index contributed by atoms with van der Waals surface area (Å²) in [6, 6.07) is 18.9. The van der Waals surface area contributed by atoms with Crippen LogP contribution < -0.4 is 10.1 Å². The molecule has 3 fully saturated rings. The lowest BCUT2D eigenvalue weighted by atomic mass is 9.54. The molecule has 0 radical (unpaired) electrons. The molecule has 222 valence electrons. The van der Waals surface area contributed by atoms with E-state index in [1.54, 1.807) is 14.0 Å². The van der Waals surface area contributed by atoms with Crippen LogP contribution in [0.5, 0.6) is 5.75 Å². The highest BCUT2D eigenvalue weighted by Gasteiger charge is 2.64. The first-order valence-corrected chi connectivity index (χ1v) is 15.8. The van der Waals surface area contributed by atoms with Gasteiger partial charge in [-0.1, -0.05) is 48.9 Å². The number of likely N-dealkylation sites (N-methyl/N-ethyl adjacent to an activating group) is 1. The summed E-state index contributed by atoms with van der Waals surface area (Å²) in [7, 11) is 4.05. The smallest absolute Gasteiger partial charge is 0.303 e. The van der Waals surface area contributed by atoms with Crippen LogP contribution in [-0.2, 0) is 26.2 Å². The SMILES string of the molecule is COc1cccc([C@@]23CC[N@+](C)(CC4CC4)CC2(OC(C)=O)CC[C@@H](NC(=O)CCCCCc2ccccc2)C3)c1. The number of nitrogens with zero attached hydrogens (tertiary/aromatic N) is 1. The van der Waals surface area contributed by atoms with Gasteiger partial charge in [-0.25, -0.2) is 0 Å². The normalized spacial score (nSPS) is 29.3. The lowest BCUT2D eigenvalue weighted by Crippen LogP contribution is -2.72. The van der Waals surface area contributed by atoms with Crippen LogP contribution >= 0.6 is 0 Å². The molecule has 3 aliphatic rings. The Hall–Kier alpha value is -2.86. The molecule has 6 nitrogen and oxygen atoms in total. The molecule has 41 heavy (non-hydrogen) atoms. The Balaban J connectivity index is 1.30. The molecule has 1 amide bonds. The minimum absolute atomic E-state index is 0.0574.